The van der Waals surface area contributed by atoms with Crippen molar-refractivity contribution >= 4 is 38.8 Å². The van der Waals surface area contributed by atoms with Crippen LogP contribution in [0.25, 0.3) is 0 Å². The van der Waals surface area contributed by atoms with Crippen molar-refractivity contribution < 1.29 is 9.53 Å². The van der Waals surface area contributed by atoms with Gasteiger partial charge in [0.25, 0.3) is 0 Å². The molecule has 0 unspecified atom stereocenters. The third kappa shape index (κ3) is 2.80. The molecule has 0 saturated carbocycles. The van der Waals surface area contributed by atoms with Crippen LogP contribution in [0, 0.1) is 10.5 Å². The SMILES string of the molecule is Cc1ccc(C(=O)OC[Si])c(I)c1. The standard InChI is InChI=1S/C9H8IO2Si/c1-6-2-3-7(8(10)4-6)9(11)12-5-13/h2-4H,5H2,1H3. The molecule has 0 amide bonds. The third-order valence-electron chi connectivity index (χ3n) is 1.55. The van der Waals surface area contributed by atoms with E-state index in [0.717, 1.165) is 9.13 Å². The molecule has 1 aromatic rings. The van der Waals surface area contributed by atoms with E-state index in [4.69, 9.17) is 4.74 Å². The second kappa shape index (κ2) is 4.76. The highest BCUT2D eigenvalue weighted by atomic mass is 127. The molecular weight excluding hydrogens is 295 g/mol. The average Bonchev–Trinajstić information content (AvgIpc) is 2.04. The van der Waals surface area contributed by atoms with E-state index < -0.39 is 0 Å². The predicted octanol–water partition coefficient (Wildman–Crippen LogP) is 1.88. The molecule has 3 radical (unpaired) electrons. The first-order valence-electron chi connectivity index (χ1n) is 3.73. The minimum Gasteiger partial charge on any atom is -0.467 e. The van der Waals surface area contributed by atoms with Crippen molar-refractivity contribution in [1.29, 1.82) is 0 Å². The first kappa shape index (κ1) is 10.7. The van der Waals surface area contributed by atoms with Crippen LogP contribution >= 0.6 is 22.6 Å². The lowest BCUT2D eigenvalue weighted by Gasteiger charge is -2.04. The van der Waals surface area contributed by atoms with Gasteiger partial charge in [0.15, 0.2) is 0 Å². The van der Waals surface area contributed by atoms with Gasteiger partial charge in [-0.25, -0.2) is 4.79 Å². The van der Waals surface area contributed by atoms with Crippen LogP contribution in [0.15, 0.2) is 18.2 Å². The number of ether oxygens (including phenoxy) is 1. The van der Waals surface area contributed by atoms with Crippen LogP contribution in [0.5, 0.6) is 0 Å². The molecule has 0 aliphatic carbocycles. The van der Waals surface area contributed by atoms with Gasteiger partial charge in [0, 0.05) is 3.57 Å². The molecule has 0 bridgehead atoms. The summed E-state index contributed by atoms with van der Waals surface area (Å²) in [5, 5.41) is 0. The maximum Gasteiger partial charge on any atom is 0.338 e. The van der Waals surface area contributed by atoms with Crippen LogP contribution in [-0.2, 0) is 4.74 Å². The number of halogens is 1. The van der Waals surface area contributed by atoms with Crippen LogP contribution in [0.4, 0.5) is 0 Å². The number of rotatable bonds is 2. The number of hydrogen-bond donors (Lipinski definition) is 0. The minimum absolute atomic E-state index is 0.225. The van der Waals surface area contributed by atoms with Gasteiger partial charge >= 0.3 is 5.97 Å². The summed E-state index contributed by atoms with van der Waals surface area (Å²) >= 11 is 2.12. The number of esters is 1. The number of aryl methyl sites for hydroxylation is 1. The van der Waals surface area contributed by atoms with Crippen molar-refractivity contribution in [3.63, 3.8) is 0 Å². The molecular formula is C9H8IO2Si. The molecule has 0 aliphatic heterocycles. The minimum atomic E-state index is -0.292. The Kier molecular flexibility index (Phi) is 3.92. The Morgan fingerprint density at radius 2 is 2.31 bits per heavy atom. The van der Waals surface area contributed by atoms with E-state index in [1.807, 2.05) is 19.1 Å². The Hall–Kier alpha value is -0.363. The van der Waals surface area contributed by atoms with Crippen LogP contribution in [0.3, 0.4) is 0 Å². The van der Waals surface area contributed by atoms with Gasteiger partial charge in [-0.1, -0.05) is 11.6 Å². The number of carbonyl (C=O) groups is 1. The summed E-state index contributed by atoms with van der Waals surface area (Å²) in [6.07, 6.45) is 0.225. The molecule has 2 nitrogen and oxygen atoms in total. The van der Waals surface area contributed by atoms with Crippen molar-refractivity contribution in [3.05, 3.63) is 32.9 Å². The summed E-state index contributed by atoms with van der Waals surface area (Å²) in [5.74, 6) is -0.292. The highest BCUT2D eigenvalue weighted by Crippen LogP contribution is 2.14. The van der Waals surface area contributed by atoms with E-state index in [9.17, 15) is 4.79 Å². The van der Waals surface area contributed by atoms with Gasteiger partial charge in [-0.05, 0) is 41.6 Å². The fraction of sp³-hybridized carbons (Fsp3) is 0.222. The number of benzene rings is 1. The van der Waals surface area contributed by atoms with Gasteiger partial charge < -0.3 is 4.74 Å². The van der Waals surface area contributed by atoms with E-state index in [2.05, 4.69) is 32.8 Å². The largest absolute Gasteiger partial charge is 0.467 e. The second-order valence-corrected chi connectivity index (χ2v) is 4.01. The maximum absolute atomic E-state index is 11.3. The molecule has 0 aromatic heterocycles. The fourth-order valence-corrected chi connectivity index (χ4v) is 1.95. The zero-order valence-electron chi connectivity index (χ0n) is 7.13. The van der Waals surface area contributed by atoms with Gasteiger partial charge in [-0.2, -0.15) is 0 Å². The molecule has 0 N–H and O–H groups in total. The van der Waals surface area contributed by atoms with Crippen LogP contribution < -0.4 is 0 Å². The Morgan fingerprint density at radius 3 is 2.85 bits per heavy atom. The number of carbonyl (C=O) groups excluding carboxylic acids is 1. The van der Waals surface area contributed by atoms with Crippen molar-refractivity contribution in [2.45, 2.75) is 6.92 Å². The maximum atomic E-state index is 11.3. The van der Waals surface area contributed by atoms with E-state index in [-0.39, 0.29) is 12.2 Å². The van der Waals surface area contributed by atoms with Crippen molar-refractivity contribution in [2.75, 3.05) is 6.23 Å². The first-order valence-corrected chi connectivity index (χ1v) is 5.51. The van der Waals surface area contributed by atoms with Crippen LogP contribution in [0.2, 0.25) is 0 Å². The Morgan fingerprint density at radius 1 is 1.62 bits per heavy atom. The molecule has 1 aromatic carbocycles. The lowest BCUT2D eigenvalue weighted by Crippen LogP contribution is -2.08. The summed E-state index contributed by atoms with van der Waals surface area (Å²) in [6, 6.07) is 5.62. The van der Waals surface area contributed by atoms with Crippen LogP contribution in [0.1, 0.15) is 15.9 Å². The van der Waals surface area contributed by atoms with Gasteiger partial charge in [-0.3, -0.25) is 0 Å². The highest BCUT2D eigenvalue weighted by Gasteiger charge is 2.09. The highest BCUT2D eigenvalue weighted by molar-refractivity contribution is 14.1. The molecule has 0 heterocycles. The van der Waals surface area contributed by atoms with Gasteiger partial charge in [0.2, 0.25) is 0 Å². The summed E-state index contributed by atoms with van der Waals surface area (Å²) < 4.78 is 5.74. The van der Waals surface area contributed by atoms with Gasteiger partial charge in [-0.15, -0.1) is 0 Å². The summed E-state index contributed by atoms with van der Waals surface area (Å²) in [5.41, 5.74) is 1.75. The molecule has 0 aliphatic rings. The molecule has 67 valence electrons. The molecule has 0 saturated heterocycles. The Labute approximate surface area is 94.2 Å². The topological polar surface area (TPSA) is 26.3 Å². The first-order chi connectivity index (χ1) is 6.15. The lowest BCUT2D eigenvalue weighted by atomic mass is 10.1. The zero-order valence-corrected chi connectivity index (χ0v) is 10.3. The summed E-state index contributed by atoms with van der Waals surface area (Å²) in [4.78, 5) is 11.3. The van der Waals surface area contributed by atoms with Gasteiger partial charge in [0.1, 0.15) is 0 Å². The Bertz CT molecular complexity index is 325. The Balaban J connectivity index is 2.95. The third-order valence-corrected chi connectivity index (χ3v) is 2.58. The number of hydrogen-bond acceptors (Lipinski definition) is 2. The van der Waals surface area contributed by atoms with E-state index in [1.165, 1.54) is 0 Å². The summed E-state index contributed by atoms with van der Waals surface area (Å²) in [6.45, 7) is 1.99. The van der Waals surface area contributed by atoms with Crippen molar-refractivity contribution in [2.24, 2.45) is 0 Å². The quantitative estimate of drug-likeness (QED) is 0.474. The monoisotopic (exact) mass is 303 g/mol. The predicted molar refractivity (Wildman–Crippen MR) is 59.9 cm³/mol. The van der Waals surface area contributed by atoms with Gasteiger partial charge in [0.05, 0.1) is 22.0 Å². The zero-order chi connectivity index (χ0) is 9.84. The molecule has 1 rings (SSSR count). The molecule has 13 heavy (non-hydrogen) atoms. The fourth-order valence-electron chi connectivity index (χ4n) is 0.929. The smallest absolute Gasteiger partial charge is 0.338 e. The van der Waals surface area contributed by atoms with E-state index >= 15 is 0 Å². The molecule has 0 fully saturated rings. The lowest BCUT2D eigenvalue weighted by molar-refractivity contribution is 0.0572. The van der Waals surface area contributed by atoms with Crippen molar-refractivity contribution in [3.8, 4) is 0 Å². The normalized spacial score (nSPS) is 9.77. The average molecular weight is 303 g/mol. The van der Waals surface area contributed by atoms with Crippen LogP contribution in [-0.4, -0.2) is 22.4 Å². The summed E-state index contributed by atoms with van der Waals surface area (Å²) in [7, 11) is 3.09. The molecule has 4 heteroatoms. The second-order valence-electron chi connectivity index (χ2n) is 2.56. The van der Waals surface area contributed by atoms with E-state index in [0.29, 0.717) is 5.56 Å². The van der Waals surface area contributed by atoms with Crippen molar-refractivity contribution in [1.82, 2.24) is 0 Å². The molecule has 0 spiro atoms. The van der Waals surface area contributed by atoms with E-state index in [1.54, 1.807) is 6.07 Å². The molecule has 0 atom stereocenters.